The van der Waals surface area contributed by atoms with Crippen molar-refractivity contribution in [2.45, 2.75) is 111 Å². The molecule has 5 amide bonds. The number of methoxy groups -OCH3 is 1. The number of cyclic esters (lactones) is 1. The zero-order valence-corrected chi connectivity index (χ0v) is 43.6. The Kier molecular flexibility index (Phi) is 16.5. The number of esters is 1. The molecular weight excluding hydrogens is 909 g/mol. The summed E-state index contributed by atoms with van der Waals surface area (Å²) in [7, 11) is 7.16. The minimum absolute atomic E-state index is 0.0700. The number of fused-ring (bicyclic) bond motifs is 6. The summed E-state index contributed by atoms with van der Waals surface area (Å²) in [6, 6.07) is 6.95. The number of hydrogen-bond acceptors (Lipinski definition) is 12. The third-order valence-corrected chi connectivity index (χ3v) is 14.6. The Bertz CT molecular complexity index is 2590. The van der Waals surface area contributed by atoms with E-state index in [2.05, 4.69) is 60.3 Å². The van der Waals surface area contributed by atoms with Gasteiger partial charge in [-0.25, -0.2) is 15.2 Å². The van der Waals surface area contributed by atoms with Crippen LogP contribution in [0.2, 0.25) is 0 Å². The van der Waals surface area contributed by atoms with E-state index in [9.17, 15) is 24.0 Å². The normalized spacial score (nSPS) is 21.0. The number of hydrazine groups is 1. The van der Waals surface area contributed by atoms with Gasteiger partial charge in [-0.15, -0.1) is 11.3 Å². The standard InChI is InChI=1S/C52H72N10O7S/c1-12-60-42-20-19-35-26-37(42)38(47(60)36-16-13-21-53-45(36)34(5)68-11)28-52(6,7)31-69-50(66)39-17-14-23-62(56-39)49(65)40(27-43-54-41(35)30-70-43)55-48(64)46(32(2)3)58(10)51(67)61-25-24-59(29-33(61)4)44(63)18-15-22-57(8)9/h13,15-16,18-21,26,30,32-34,39-40,46,56H,12,14,17,22-25,27-29,31H2,1-11H3,(H,55,64)/b18-15+/t33-,34-,39-,40-,46?/m0/s1. The summed E-state index contributed by atoms with van der Waals surface area (Å²) in [5, 5.41) is 8.13. The highest BCUT2D eigenvalue weighted by atomic mass is 32.1. The molecule has 378 valence electrons. The quantitative estimate of drug-likeness (QED) is 0.135. The van der Waals surface area contributed by atoms with Gasteiger partial charge in [0.25, 0.3) is 5.91 Å². The Labute approximate surface area is 416 Å². The Balaban J connectivity index is 1.21. The third-order valence-electron chi connectivity index (χ3n) is 13.7. The fourth-order valence-electron chi connectivity index (χ4n) is 9.98. The molecule has 18 heteroatoms. The number of rotatable bonds is 11. The van der Waals surface area contributed by atoms with E-state index in [1.165, 1.54) is 21.2 Å². The van der Waals surface area contributed by atoms with Crippen LogP contribution in [0.4, 0.5) is 4.79 Å². The van der Waals surface area contributed by atoms with Crippen LogP contribution in [0.15, 0.2) is 54.1 Å². The molecule has 6 heterocycles. The first-order valence-electron chi connectivity index (χ1n) is 24.6. The number of aromatic nitrogens is 3. The first-order chi connectivity index (χ1) is 33.3. The van der Waals surface area contributed by atoms with Crippen LogP contribution in [0.5, 0.6) is 0 Å². The molecule has 3 aliphatic rings. The van der Waals surface area contributed by atoms with Crippen molar-refractivity contribution in [2.24, 2.45) is 11.3 Å². The number of thiazole rings is 1. The third kappa shape index (κ3) is 11.4. The lowest BCUT2D eigenvalue weighted by Crippen LogP contribution is -2.63. The molecule has 6 bridgehead atoms. The van der Waals surface area contributed by atoms with E-state index in [1.54, 1.807) is 36.2 Å². The summed E-state index contributed by atoms with van der Waals surface area (Å²) < 4.78 is 14.3. The lowest BCUT2D eigenvalue weighted by molar-refractivity contribution is -0.155. The Hall–Kier alpha value is -5.69. The van der Waals surface area contributed by atoms with Crippen LogP contribution in [0.3, 0.4) is 0 Å². The molecule has 4 aromatic rings. The molecule has 2 fully saturated rings. The topological polar surface area (TPSA) is 175 Å². The number of piperazine rings is 1. The van der Waals surface area contributed by atoms with Crippen molar-refractivity contribution in [2.75, 3.05) is 67.6 Å². The van der Waals surface area contributed by atoms with Gasteiger partial charge >= 0.3 is 12.0 Å². The molecule has 0 radical (unpaired) electrons. The van der Waals surface area contributed by atoms with Crippen molar-refractivity contribution in [3.8, 4) is 22.5 Å². The molecule has 0 spiro atoms. The Morgan fingerprint density at radius 3 is 2.57 bits per heavy atom. The second-order valence-corrected chi connectivity index (χ2v) is 21.3. The van der Waals surface area contributed by atoms with E-state index in [4.69, 9.17) is 19.4 Å². The maximum Gasteiger partial charge on any atom is 0.324 e. The summed E-state index contributed by atoms with van der Waals surface area (Å²) in [5.41, 5.74) is 9.26. The van der Waals surface area contributed by atoms with Crippen molar-refractivity contribution in [3.05, 3.63) is 70.3 Å². The van der Waals surface area contributed by atoms with Crippen molar-refractivity contribution in [3.63, 3.8) is 0 Å². The highest BCUT2D eigenvalue weighted by molar-refractivity contribution is 7.10. The fraction of sp³-hybridized carbons (Fsp3) is 0.558. The van der Waals surface area contributed by atoms with Gasteiger partial charge in [0.1, 0.15) is 18.1 Å². The zero-order valence-electron chi connectivity index (χ0n) is 42.8. The molecule has 70 heavy (non-hydrogen) atoms. The van der Waals surface area contributed by atoms with Crippen LogP contribution in [0, 0.1) is 11.3 Å². The number of amides is 5. The van der Waals surface area contributed by atoms with Gasteiger partial charge < -0.3 is 39.0 Å². The highest BCUT2D eigenvalue weighted by Crippen LogP contribution is 2.42. The number of carbonyl (C=O) groups is 5. The van der Waals surface area contributed by atoms with Gasteiger partial charge in [-0.05, 0) is 89.9 Å². The van der Waals surface area contributed by atoms with Gasteiger partial charge in [-0.2, -0.15) is 0 Å². The predicted octanol–water partition coefficient (Wildman–Crippen LogP) is 5.93. The summed E-state index contributed by atoms with van der Waals surface area (Å²) in [4.78, 5) is 87.2. The number of carbonyl (C=O) groups excluding carboxylic acids is 5. The van der Waals surface area contributed by atoms with Gasteiger partial charge in [0.15, 0.2) is 0 Å². The number of nitrogens with one attached hydrogen (secondary N) is 2. The van der Waals surface area contributed by atoms with Gasteiger partial charge in [0, 0.05) is 111 Å². The maximum atomic E-state index is 14.7. The molecule has 0 aliphatic carbocycles. The van der Waals surface area contributed by atoms with E-state index < -0.39 is 41.3 Å². The molecule has 1 aromatic carbocycles. The highest BCUT2D eigenvalue weighted by Gasteiger charge is 2.40. The van der Waals surface area contributed by atoms with Crippen molar-refractivity contribution >= 4 is 52.0 Å². The summed E-state index contributed by atoms with van der Waals surface area (Å²) in [6.07, 6.45) is 6.57. The van der Waals surface area contributed by atoms with Crippen molar-refractivity contribution in [1.82, 2.24) is 49.9 Å². The van der Waals surface area contributed by atoms with E-state index in [0.717, 1.165) is 44.7 Å². The average Bonchev–Trinajstić information content (AvgIpc) is 3.93. The lowest BCUT2D eigenvalue weighted by Gasteiger charge is -2.43. The molecular formula is C52H72N10O7S. The van der Waals surface area contributed by atoms with E-state index in [-0.39, 0.29) is 43.0 Å². The monoisotopic (exact) mass is 981 g/mol. The largest absolute Gasteiger partial charge is 0.464 e. The number of nitrogens with zero attached hydrogens (tertiary/aromatic N) is 8. The number of pyridine rings is 1. The molecule has 1 unspecified atom stereocenters. The van der Waals surface area contributed by atoms with Crippen molar-refractivity contribution < 1.29 is 33.4 Å². The predicted molar refractivity (Wildman–Crippen MR) is 272 cm³/mol. The van der Waals surface area contributed by atoms with Crippen LogP contribution >= 0.6 is 11.3 Å². The minimum atomic E-state index is -1.09. The molecule has 3 aromatic heterocycles. The minimum Gasteiger partial charge on any atom is -0.464 e. The molecule has 7 rings (SSSR count). The number of hydrogen-bond donors (Lipinski definition) is 2. The lowest BCUT2D eigenvalue weighted by atomic mass is 9.84. The van der Waals surface area contributed by atoms with Gasteiger partial charge in [-0.3, -0.25) is 29.2 Å². The SMILES string of the molecule is CCn1c(-c2cccnc2[C@H](C)OC)c2c3cc(ccc31)-c1csc(n1)C[C@H](NC(=O)C(C(C)C)N(C)C(=O)N1CCN(C(=O)/C=C/CN(C)C)C[C@@H]1C)C(=O)N1CCC[C@H](N1)C(=O)OCC(C)(C)C2. The number of aryl methyl sites for hydroxylation is 1. The molecule has 17 nitrogen and oxygen atoms in total. The van der Waals surface area contributed by atoms with Gasteiger partial charge in [-0.1, -0.05) is 39.8 Å². The molecule has 2 saturated heterocycles. The Morgan fingerprint density at radius 2 is 1.87 bits per heavy atom. The first kappa shape index (κ1) is 52.1. The Morgan fingerprint density at radius 1 is 1.10 bits per heavy atom. The van der Waals surface area contributed by atoms with Crippen molar-refractivity contribution in [1.29, 1.82) is 0 Å². The fourth-order valence-corrected chi connectivity index (χ4v) is 10.8. The van der Waals surface area contributed by atoms with E-state index in [1.807, 2.05) is 64.2 Å². The number of ether oxygens (including phenoxy) is 2. The summed E-state index contributed by atoms with van der Waals surface area (Å²) in [5.74, 6) is -1.81. The zero-order chi connectivity index (χ0) is 50.6. The second kappa shape index (κ2) is 22.2. The van der Waals surface area contributed by atoms with E-state index >= 15 is 0 Å². The van der Waals surface area contributed by atoms with Crippen LogP contribution in [0.25, 0.3) is 33.4 Å². The molecule has 3 aliphatic heterocycles. The van der Waals surface area contributed by atoms with Crippen LogP contribution < -0.4 is 10.7 Å². The molecule has 0 saturated carbocycles. The number of likely N-dealkylation sites (N-methyl/N-ethyl adjacent to an activating group) is 2. The smallest absolute Gasteiger partial charge is 0.324 e. The van der Waals surface area contributed by atoms with Gasteiger partial charge in [0.2, 0.25) is 11.8 Å². The first-order valence-corrected chi connectivity index (χ1v) is 25.5. The summed E-state index contributed by atoms with van der Waals surface area (Å²) in [6.45, 7) is 16.7. The van der Waals surface area contributed by atoms with Crippen LogP contribution in [-0.4, -0.2) is 161 Å². The van der Waals surface area contributed by atoms with Crippen LogP contribution in [0.1, 0.15) is 83.7 Å². The van der Waals surface area contributed by atoms with E-state index in [0.29, 0.717) is 63.5 Å². The van der Waals surface area contributed by atoms with Gasteiger partial charge in [0.05, 0.1) is 34.8 Å². The summed E-state index contributed by atoms with van der Waals surface area (Å²) >= 11 is 1.41. The van der Waals surface area contributed by atoms with Crippen LogP contribution in [-0.2, 0) is 48.0 Å². The molecule has 5 atom stereocenters. The number of urea groups is 1. The second-order valence-electron chi connectivity index (χ2n) is 20.3. The number of benzene rings is 1. The maximum absolute atomic E-state index is 14.7. The molecule has 2 N–H and O–H groups in total. The average molecular weight is 981 g/mol.